The molecule has 1 atom stereocenters. The Morgan fingerprint density at radius 2 is 2.18 bits per heavy atom. The van der Waals surface area contributed by atoms with Crippen LogP contribution in [-0.2, 0) is 10.0 Å². The van der Waals surface area contributed by atoms with Gasteiger partial charge in [-0.2, -0.15) is 11.8 Å². The standard InChI is InChI=1S/C11H18N2O2S2/c1-3-16-8-9(2)13-17(14,15)11-6-4-5-10(12)7-11/h4-7,9,13H,3,8,12H2,1-2H3. The van der Waals surface area contributed by atoms with Crippen LogP contribution in [0.2, 0.25) is 0 Å². The summed E-state index contributed by atoms with van der Waals surface area (Å²) in [5.41, 5.74) is 6.02. The average Bonchev–Trinajstić information content (AvgIpc) is 2.26. The molecule has 0 radical (unpaired) electrons. The van der Waals surface area contributed by atoms with Crippen molar-refractivity contribution in [1.29, 1.82) is 0 Å². The molecule has 0 aromatic heterocycles. The number of nitrogen functional groups attached to an aromatic ring is 1. The molecule has 0 saturated heterocycles. The van der Waals surface area contributed by atoms with Gasteiger partial charge < -0.3 is 5.73 Å². The van der Waals surface area contributed by atoms with Crippen molar-refractivity contribution in [2.24, 2.45) is 0 Å². The molecule has 6 heteroatoms. The van der Waals surface area contributed by atoms with Gasteiger partial charge in [0.1, 0.15) is 0 Å². The van der Waals surface area contributed by atoms with Crippen molar-refractivity contribution < 1.29 is 8.42 Å². The summed E-state index contributed by atoms with van der Waals surface area (Å²) < 4.78 is 26.6. The largest absolute Gasteiger partial charge is 0.399 e. The number of nitrogens with two attached hydrogens (primary N) is 1. The van der Waals surface area contributed by atoms with E-state index in [9.17, 15) is 8.42 Å². The third-order valence-electron chi connectivity index (χ3n) is 2.10. The monoisotopic (exact) mass is 274 g/mol. The predicted octanol–water partition coefficient (Wildman–Crippen LogP) is 1.69. The fourth-order valence-corrected chi connectivity index (χ4v) is 3.42. The molecule has 0 spiro atoms. The summed E-state index contributed by atoms with van der Waals surface area (Å²) in [5, 5.41) is 0. The summed E-state index contributed by atoms with van der Waals surface area (Å²) in [6.07, 6.45) is 0. The quantitative estimate of drug-likeness (QED) is 0.774. The van der Waals surface area contributed by atoms with Crippen molar-refractivity contribution in [2.75, 3.05) is 17.2 Å². The van der Waals surface area contributed by atoms with Gasteiger partial charge in [-0.1, -0.05) is 13.0 Å². The Hall–Kier alpha value is -0.720. The topological polar surface area (TPSA) is 72.2 Å². The second-order valence-corrected chi connectivity index (χ2v) is 6.79. The maximum Gasteiger partial charge on any atom is 0.240 e. The fraction of sp³-hybridized carbons (Fsp3) is 0.455. The number of anilines is 1. The van der Waals surface area contributed by atoms with Crippen LogP contribution in [0.4, 0.5) is 5.69 Å². The van der Waals surface area contributed by atoms with Gasteiger partial charge in [0, 0.05) is 17.5 Å². The number of hydrogen-bond donors (Lipinski definition) is 2. The number of benzene rings is 1. The van der Waals surface area contributed by atoms with E-state index in [-0.39, 0.29) is 10.9 Å². The maximum atomic E-state index is 12.0. The van der Waals surface area contributed by atoms with E-state index in [4.69, 9.17) is 5.73 Å². The average molecular weight is 274 g/mol. The zero-order chi connectivity index (χ0) is 12.9. The highest BCUT2D eigenvalue weighted by atomic mass is 32.2. The summed E-state index contributed by atoms with van der Waals surface area (Å²) in [5.74, 6) is 1.74. The van der Waals surface area contributed by atoms with Crippen molar-refractivity contribution in [1.82, 2.24) is 4.72 Å². The summed E-state index contributed by atoms with van der Waals surface area (Å²) in [6, 6.07) is 6.21. The van der Waals surface area contributed by atoms with Crippen molar-refractivity contribution in [3.8, 4) is 0 Å². The predicted molar refractivity (Wildman–Crippen MR) is 73.6 cm³/mol. The number of hydrogen-bond acceptors (Lipinski definition) is 4. The molecule has 0 fully saturated rings. The molecule has 4 nitrogen and oxygen atoms in total. The van der Waals surface area contributed by atoms with Crippen LogP contribution in [0.3, 0.4) is 0 Å². The van der Waals surface area contributed by atoms with Crippen LogP contribution in [-0.4, -0.2) is 26.0 Å². The van der Waals surface area contributed by atoms with Crippen LogP contribution in [0.25, 0.3) is 0 Å². The van der Waals surface area contributed by atoms with E-state index in [0.717, 1.165) is 11.5 Å². The molecule has 0 amide bonds. The molecular weight excluding hydrogens is 256 g/mol. The molecular formula is C11H18N2O2S2. The molecule has 0 aliphatic carbocycles. The van der Waals surface area contributed by atoms with Gasteiger partial charge in [-0.25, -0.2) is 13.1 Å². The highest BCUT2D eigenvalue weighted by Crippen LogP contribution is 2.13. The molecule has 0 heterocycles. The third kappa shape index (κ3) is 4.57. The molecule has 96 valence electrons. The SMILES string of the molecule is CCSCC(C)NS(=O)(=O)c1cccc(N)c1. The highest BCUT2D eigenvalue weighted by molar-refractivity contribution is 7.99. The van der Waals surface area contributed by atoms with Crippen molar-refractivity contribution >= 4 is 27.5 Å². The summed E-state index contributed by atoms with van der Waals surface area (Å²) >= 11 is 1.70. The van der Waals surface area contributed by atoms with Crippen LogP contribution in [0.1, 0.15) is 13.8 Å². The zero-order valence-corrected chi connectivity index (χ0v) is 11.6. The summed E-state index contributed by atoms with van der Waals surface area (Å²) in [6.45, 7) is 3.90. The summed E-state index contributed by atoms with van der Waals surface area (Å²) in [7, 11) is -3.46. The molecule has 1 unspecified atom stereocenters. The van der Waals surface area contributed by atoms with Crippen LogP contribution in [0.15, 0.2) is 29.2 Å². The molecule has 1 aromatic carbocycles. The van der Waals surface area contributed by atoms with Gasteiger partial charge in [-0.05, 0) is 30.9 Å². The van der Waals surface area contributed by atoms with E-state index in [2.05, 4.69) is 4.72 Å². The number of thioether (sulfide) groups is 1. The van der Waals surface area contributed by atoms with Gasteiger partial charge in [0.05, 0.1) is 4.90 Å². The first-order valence-corrected chi connectivity index (χ1v) is 8.05. The van der Waals surface area contributed by atoms with Crippen LogP contribution in [0, 0.1) is 0 Å². The lowest BCUT2D eigenvalue weighted by Crippen LogP contribution is -2.34. The van der Waals surface area contributed by atoms with E-state index in [1.165, 1.54) is 6.07 Å². The van der Waals surface area contributed by atoms with Crippen molar-refractivity contribution in [3.05, 3.63) is 24.3 Å². The molecule has 0 aliphatic rings. The molecule has 0 saturated carbocycles. The lowest BCUT2D eigenvalue weighted by Gasteiger charge is -2.13. The summed E-state index contributed by atoms with van der Waals surface area (Å²) in [4.78, 5) is 0.214. The molecule has 0 bridgehead atoms. The van der Waals surface area contributed by atoms with Crippen LogP contribution < -0.4 is 10.5 Å². The lowest BCUT2D eigenvalue weighted by molar-refractivity contribution is 0.571. The highest BCUT2D eigenvalue weighted by Gasteiger charge is 2.17. The Bertz CT molecular complexity index is 460. The second-order valence-electron chi connectivity index (χ2n) is 3.75. The van der Waals surface area contributed by atoms with E-state index in [0.29, 0.717) is 5.69 Å². The Morgan fingerprint density at radius 3 is 2.76 bits per heavy atom. The Labute approximate surface area is 107 Å². The first-order valence-electron chi connectivity index (χ1n) is 5.41. The Balaban J connectivity index is 2.75. The normalized spacial score (nSPS) is 13.5. The Kier molecular flexibility index (Phi) is 5.30. The first-order chi connectivity index (χ1) is 7.95. The lowest BCUT2D eigenvalue weighted by atomic mass is 10.3. The van der Waals surface area contributed by atoms with E-state index >= 15 is 0 Å². The van der Waals surface area contributed by atoms with Gasteiger partial charge in [0.25, 0.3) is 0 Å². The minimum Gasteiger partial charge on any atom is -0.399 e. The molecule has 0 aliphatic heterocycles. The minimum absolute atomic E-state index is 0.0913. The van der Waals surface area contributed by atoms with E-state index in [1.807, 2.05) is 13.8 Å². The molecule has 3 N–H and O–H groups in total. The zero-order valence-electron chi connectivity index (χ0n) is 10.0. The van der Waals surface area contributed by atoms with Crippen LogP contribution in [0.5, 0.6) is 0 Å². The van der Waals surface area contributed by atoms with E-state index < -0.39 is 10.0 Å². The van der Waals surface area contributed by atoms with Gasteiger partial charge in [-0.15, -0.1) is 0 Å². The Morgan fingerprint density at radius 1 is 1.47 bits per heavy atom. The molecule has 1 rings (SSSR count). The molecule has 17 heavy (non-hydrogen) atoms. The smallest absolute Gasteiger partial charge is 0.240 e. The number of sulfonamides is 1. The maximum absolute atomic E-state index is 12.0. The van der Waals surface area contributed by atoms with Gasteiger partial charge in [0.2, 0.25) is 10.0 Å². The van der Waals surface area contributed by atoms with Gasteiger partial charge in [-0.3, -0.25) is 0 Å². The number of rotatable bonds is 6. The van der Waals surface area contributed by atoms with Crippen molar-refractivity contribution in [2.45, 2.75) is 24.8 Å². The minimum atomic E-state index is -3.46. The van der Waals surface area contributed by atoms with Crippen LogP contribution >= 0.6 is 11.8 Å². The van der Waals surface area contributed by atoms with Gasteiger partial charge in [0.15, 0.2) is 0 Å². The first kappa shape index (κ1) is 14.3. The second kappa shape index (κ2) is 6.28. The third-order valence-corrected chi connectivity index (χ3v) is 4.83. The van der Waals surface area contributed by atoms with E-state index in [1.54, 1.807) is 30.0 Å². The number of nitrogens with one attached hydrogen (secondary N) is 1. The van der Waals surface area contributed by atoms with Crippen molar-refractivity contribution in [3.63, 3.8) is 0 Å². The fourth-order valence-electron chi connectivity index (χ4n) is 1.34. The van der Waals surface area contributed by atoms with Gasteiger partial charge >= 0.3 is 0 Å². The molecule has 1 aromatic rings.